The van der Waals surface area contributed by atoms with Gasteiger partial charge in [0.1, 0.15) is 0 Å². The van der Waals surface area contributed by atoms with Crippen molar-refractivity contribution < 1.29 is 32.0 Å². The first-order chi connectivity index (χ1) is 9.11. The van der Waals surface area contributed by atoms with Crippen molar-refractivity contribution in [1.82, 2.24) is 0 Å². The van der Waals surface area contributed by atoms with Crippen LogP contribution in [0.2, 0.25) is 0 Å². The molecule has 0 bridgehead atoms. The van der Waals surface area contributed by atoms with Crippen molar-refractivity contribution >= 4 is 22.1 Å². The fourth-order valence-corrected chi connectivity index (χ4v) is 1.82. The summed E-state index contributed by atoms with van der Waals surface area (Å²) in [6.45, 7) is 6.75. The predicted molar refractivity (Wildman–Crippen MR) is 71.6 cm³/mol. The van der Waals surface area contributed by atoms with Gasteiger partial charge in [-0.25, -0.2) is 0 Å². The second kappa shape index (κ2) is 8.21. The Kier molecular flexibility index (Phi) is 7.74. The molecule has 0 rings (SSSR count). The third-order valence-corrected chi connectivity index (χ3v) is 3.85. The molecule has 0 aromatic heterocycles. The van der Waals surface area contributed by atoms with Crippen LogP contribution in [0.4, 0.5) is 0 Å². The standard InChI is InChI=1S/C12H22O7S/c1-5-8(3)18-11(13)7-10(20(15,16)17)12(14)19-9(4)6-2/h8-10H,5-7H2,1-4H3,(H,15,16,17). The predicted octanol–water partition coefficient (Wildman–Crippen LogP) is 1.32. The lowest BCUT2D eigenvalue weighted by Gasteiger charge is -2.17. The quantitative estimate of drug-likeness (QED) is 0.532. The lowest BCUT2D eigenvalue weighted by atomic mass is 10.2. The summed E-state index contributed by atoms with van der Waals surface area (Å²) in [4.78, 5) is 23.2. The zero-order valence-electron chi connectivity index (χ0n) is 12.2. The SMILES string of the molecule is CCC(C)OC(=O)CC(C(=O)OC(C)CC)S(=O)(=O)O. The highest BCUT2D eigenvalue weighted by Crippen LogP contribution is 2.12. The van der Waals surface area contributed by atoms with Crippen LogP contribution in [0.1, 0.15) is 47.0 Å². The van der Waals surface area contributed by atoms with Gasteiger partial charge in [0.2, 0.25) is 0 Å². The Morgan fingerprint density at radius 2 is 1.50 bits per heavy atom. The molecule has 0 radical (unpaired) electrons. The molecule has 0 saturated carbocycles. The lowest BCUT2D eigenvalue weighted by molar-refractivity contribution is -0.155. The molecule has 1 N–H and O–H groups in total. The second-order valence-electron chi connectivity index (χ2n) is 4.57. The molecule has 0 amide bonds. The minimum atomic E-state index is -4.73. The zero-order valence-corrected chi connectivity index (χ0v) is 13.0. The van der Waals surface area contributed by atoms with Gasteiger partial charge in [0, 0.05) is 0 Å². The van der Waals surface area contributed by atoms with Crippen LogP contribution in [-0.4, -0.2) is 42.4 Å². The number of hydrogen-bond acceptors (Lipinski definition) is 6. The van der Waals surface area contributed by atoms with E-state index in [-0.39, 0.29) is 0 Å². The van der Waals surface area contributed by atoms with Gasteiger partial charge < -0.3 is 9.47 Å². The molecule has 0 aliphatic heterocycles. The molecule has 0 fully saturated rings. The molecule has 20 heavy (non-hydrogen) atoms. The van der Waals surface area contributed by atoms with E-state index >= 15 is 0 Å². The summed E-state index contributed by atoms with van der Waals surface area (Å²) in [7, 11) is -4.73. The highest BCUT2D eigenvalue weighted by Gasteiger charge is 2.36. The fourth-order valence-electron chi connectivity index (χ4n) is 1.17. The highest BCUT2D eigenvalue weighted by molar-refractivity contribution is 7.87. The first kappa shape index (κ1) is 18.9. The maximum absolute atomic E-state index is 11.7. The van der Waals surface area contributed by atoms with Crippen molar-refractivity contribution in [3.8, 4) is 0 Å². The Morgan fingerprint density at radius 3 is 1.90 bits per heavy atom. The molecule has 0 saturated heterocycles. The van der Waals surface area contributed by atoms with Gasteiger partial charge >= 0.3 is 11.9 Å². The van der Waals surface area contributed by atoms with Crippen LogP contribution in [0.25, 0.3) is 0 Å². The van der Waals surface area contributed by atoms with Crippen LogP contribution in [0, 0.1) is 0 Å². The van der Waals surface area contributed by atoms with Gasteiger partial charge in [0.25, 0.3) is 10.1 Å². The van der Waals surface area contributed by atoms with E-state index in [4.69, 9.17) is 14.0 Å². The van der Waals surface area contributed by atoms with Gasteiger partial charge in [-0.1, -0.05) is 13.8 Å². The van der Waals surface area contributed by atoms with Gasteiger partial charge in [-0.15, -0.1) is 0 Å². The van der Waals surface area contributed by atoms with E-state index < -0.39 is 45.9 Å². The minimum absolute atomic E-state index is 0.393. The average Bonchev–Trinajstić information content (AvgIpc) is 2.33. The molecule has 0 aliphatic rings. The van der Waals surface area contributed by atoms with Crippen LogP contribution in [-0.2, 0) is 29.2 Å². The maximum atomic E-state index is 11.7. The van der Waals surface area contributed by atoms with E-state index in [9.17, 15) is 18.0 Å². The molecule has 3 atom stereocenters. The van der Waals surface area contributed by atoms with E-state index in [0.717, 1.165) is 0 Å². The molecular weight excluding hydrogens is 288 g/mol. The summed E-state index contributed by atoms with van der Waals surface area (Å²) >= 11 is 0. The van der Waals surface area contributed by atoms with Crippen molar-refractivity contribution in [2.45, 2.75) is 64.4 Å². The largest absolute Gasteiger partial charge is 0.463 e. The van der Waals surface area contributed by atoms with Crippen molar-refractivity contribution in [3.05, 3.63) is 0 Å². The van der Waals surface area contributed by atoms with Crippen molar-refractivity contribution in [2.75, 3.05) is 0 Å². The highest BCUT2D eigenvalue weighted by atomic mass is 32.2. The third kappa shape index (κ3) is 6.85. The molecule has 0 spiro atoms. The van der Waals surface area contributed by atoms with Crippen LogP contribution in [0.3, 0.4) is 0 Å². The summed E-state index contributed by atoms with van der Waals surface area (Å²) in [6.07, 6.45) is -0.619. The molecule has 3 unspecified atom stereocenters. The van der Waals surface area contributed by atoms with E-state index in [1.807, 2.05) is 0 Å². The van der Waals surface area contributed by atoms with Gasteiger partial charge in [0.05, 0.1) is 18.6 Å². The Morgan fingerprint density at radius 1 is 1.05 bits per heavy atom. The third-order valence-electron chi connectivity index (χ3n) is 2.77. The Balaban J connectivity index is 4.84. The number of ether oxygens (including phenoxy) is 2. The van der Waals surface area contributed by atoms with Gasteiger partial charge in [-0.3, -0.25) is 14.1 Å². The van der Waals surface area contributed by atoms with Crippen LogP contribution >= 0.6 is 0 Å². The Labute approximate surface area is 119 Å². The first-order valence-corrected chi connectivity index (χ1v) is 7.98. The number of esters is 2. The molecular formula is C12H22O7S. The second-order valence-corrected chi connectivity index (χ2v) is 6.17. The molecule has 8 heteroatoms. The van der Waals surface area contributed by atoms with E-state index in [2.05, 4.69) is 0 Å². The minimum Gasteiger partial charge on any atom is -0.463 e. The number of carbonyl (C=O) groups excluding carboxylic acids is 2. The van der Waals surface area contributed by atoms with Crippen LogP contribution in [0.5, 0.6) is 0 Å². The number of carbonyl (C=O) groups is 2. The van der Waals surface area contributed by atoms with Crippen molar-refractivity contribution in [3.63, 3.8) is 0 Å². The molecule has 0 heterocycles. The van der Waals surface area contributed by atoms with E-state index in [0.29, 0.717) is 12.8 Å². The van der Waals surface area contributed by atoms with E-state index in [1.165, 1.54) is 0 Å². The Hall–Kier alpha value is -1.15. The summed E-state index contributed by atoms with van der Waals surface area (Å²) in [5.41, 5.74) is 0. The molecule has 118 valence electrons. The fraction of sp³-hybridized carbons (Fsp3) is 0.833. The van der Waals surface area contributed by atoms with E-state index in [1.54, 1.807) is 27.7 Å². The summed E-state index contributed by atoms with van der Waals surface area (Å²) in [5.74, 6) is -2.02. The topological polar surface area (TPSA) is 107 Å². The lowest BCUT2D eigenvalue weighted by Crippen LogP contribution is -2.36. The number of hydrogen-bond donors (Lipinski definition) is 1. The summed E-state index contributed by atoms with van der Waals surface area (Å²) in [5, 5.41) is -1.95. The van der Waals surface area contributed by atoms with Crippen LogP contribution in [0.15, 0.2) is 0 Å². The van der Waals surface area contributed by atoms with Crippen molar-refractivity contribution in [2.24, 2.45) is 0 Å². The van der Waals surface area contributed by atoms with Crippen molar-refractivity contribution in [1.29, 1.82) is 0 Å². The summed E-state index contributed by atoms with van der Waals surface area (Å²) in [6, 6.07) is 0. The Bertz CT molecular complexity index is 429. The molecule has 0 aromatic carbocycles. The molecule has 0 aromatic rings. The number of rotatable bonds is 8. The normalized spacial score (nSPS) is 16.1. The first-order valence-electron chi connectivity index (χ1n) is 6.48. The monoisotopic (exact) mass is 310 g/mol. The van der Waals surface area contributed by atoms with Gasteiger partial charge in [-0.05, 0) is 26.7 Å². The van der Waals surface area contributed by atoms with Gasteiger partial charge in [-0.2, -0.15) is 8.42 Å². The van der Waals surface area contributed by atoms with Gasteiger partial charge in [0.15, 0.2) is 5.25 Å². The van der Waals surface area contributed by atoms with Crippen LogP contribution < -0.4 is 0 Å². The average molecular weight is 310 g/mol. The maximum Gasteiger partial charge on any atom is 0.327 e. The zero-order chi connectivity index (χ0) is 15.9. The smallest absolute Gasteiger partial charge is 0.327 e. The molecule has 7 nitrogen and oxygen atoms in total. The summed E-state index contributed by atoms with van der Waals surface area (Å²) < 4.78 is 41.1. The molecule has 0 aliphatic carbocycles.